The fourth-order valence-corrected chi connectivity index (χ4v) is 3.35. The molecule has 0 saturated heterocycles. The molecule has 2 aromatic carbocycles. The molecule has 0 radical (unpaired) electrons. The van der Waals surface area contributed by atoms with E-state index in [2.05, 4.69) is 61.6 Å². The summed E-state index contributed by atoms with van der Waals surface area (Å²) in [6.45, 7) is 4.25. The van der Waals surface area contributed by atoms with Crippen molar-refractivity contribution < 1.29 is 4.21 Å². The first kappa shape index (κ1) is 14.2. The van der Waals surface area contributed by atoms with Crippen molar-refractivity contribution in [1.29, 1.82) is 0 Å². The largest absolute Gasteiger partial charge is 0.307 e. The van der Waals surface area contributed by atoms with E-state index in [1.165, 1.54) is 16.3 Å². The second kappa shape index (κ2) is 6.31. The topological polar surface area (TPSA) is 29.1 Å². The molecule has 1 N–H and O–H groups in total. The molecule has 0 aliphatic carbocycles. The van der Waals surface area contributed by atoms with E-state index in [0.717, 1.165) is 0 Å². The Labute approximate surface area is 117 Å². The van der Waals surface area contributed by atoms with Gasteiger partial charge in [0, 0.05) is 34.9 Å². The summed E-state index contributed by atoms with van der Waals surface area (Å²) in [7, 11) is -0.758. The first-order valence-electron chi connectivity index (χ1n) is 6.61. The molecular formula is C16H21NOS. The van der Waals surface area contributed by atoms with Gasteiger partial charge < -0.3 is 5.32 Å². The van der Waals surface area contributed by atoms with Crippen LogP contribution >= 0.6 is 0 Å². The molecule has 19 heavy (non-hydrogen) atoms. The molecule has 0 aromatic heterocycles. The predicted octanol–water partition coefficient (Wildman–Crippen LogP) is 3.26. The minimum Gasteiger partial charge on any atom is -0.307 e. The molecular weight excluding hydrogens is 254 g/mol. The zero-order valence-electron chi connectivity index (χ0n) is 11.7. The number of hydrogen-bond acceptors (Lipinski definition) is 2. The highest BCUT2D eigenvalue weighted by molar-refractivity contribution is 7.84. The standard InChI is InChI=1S/C16H21NOS/c1-12(11-19(3)18)17-13(2)15-10-6-8-14-7-4-5-9-16(14)15/h4-10,12-13,17H,11H2,1-3H3. The van der Waals surface area contributed by atoms with Crippen LogP contribution in [0.1, 0.15) is 25.5 Å². The van der Waals surface area contributed by atoms with Crippen molar-refractivity contribution in [2.24, 2.45) is 0 Å². The molecule has 0 amide bonds. The highest BCUT2D eigenvalue weighted by Crippen LogP contribution is 2.24. The monoisotopic (exact) mass is 275 g/mol. The molecule has 0 spiro atoms. The highest BCUT2D eigenvalue weighted by atomic mass is 32.2. The number of hydrogen-bond donors (Lipinski definition) is 1. The Morgan fingerprint density at radius 3 is 2.53 bits per heavy atom. The Balaban J connectivity index is 2.21. The van der Waals surface area contributed by atoms with Crippen molar-refractivity contribution >= 4 is 21.6 Å². The lowest BCUT2D eigenvalue weighted by atomic mass is 9.99. The molecule has 0 bridgehead atoms. The Bertz CT molecular complexity index is 576. The van der Waals surface area contributed by atoms with Crippen LogP contribution < -0.4 is 5.32 Å². The third-order valence-corrected chi connectivity index (χ3v) is 4.28. The normalized spacial score (nSPS) is 16.2. The van der Waals surface area contributed by atoms with Crippen molar-refractivity contribution in [1.82, 2.24) is 5.32 Å². The number of rotatable bonds is 5. The first-order chi connectivity index (χ1) is 9.08. The van der Waals surface area contributed by atoms with Crippen LogP contribution in [0.3, 0.4) is 0 Å². The number of nitrogens with one attached hydrogen (secondary N) is 1. The third-order valence-electron chi connectivity index (χ3n) is 3.31. The summed E-state index contributed by atoms with van der Waals surface area (Å²) in [6.07, 6.45) is 1.75. The van der Waals surface area contributed by atoms with Crippen LogP contribution in [0.2, 0.25) is 0 Å². The van der Waals surface area contributed by atoms with Gasteiger partial charge >= 0.3 is 0 Å². The van der Waals surface area contributed by atoms with Gasteiger partial charge in [0.1, 0.15) is 0 Å². The second-order valence-corrected chi connectivity index (χ2v) is 6.58. The number of benzene rings is 2. The van der Waals surface area contributed by atoms with E-state index in [9.17, 15) is 4.21 Å². The van der Waals surface area contributed by atoms with Gasteiger partial charge in [0.05, 0.1) is 0 Å². The maximum atomic E-state index is 11.3. The third kappa shape index (κ3) is 3.64. The summed E-state index contributed by atoms with van der Waals surface area (Å²) in [6, 6.07) is 15.3. The summed E-state index contributed by atoms with van der Waals surface area (Å²) in [5.74, 6) is 0.690. The van der Waals surface area contributed by atoms with Gasteiger partial charge in [-0.25, -0.2) is 0 Å². The van der Waals surface area contributed by atoms with Crippen molar-refractivity contribution in [3.63, 3.8) is 0 Å². The summed E-state index contributed by atoms with van der Waals surface area (Å²) >= 11 is 0. The van der Waals surface area contributed by atoms with Crippen LogP contribution in [-0.2, 0) is 10.8 Å². The van der Waals surface area contributed by atoms with E-state index in [1.807, 2.05) is 0 Å². The van der Waals surface area contributed by atoms with Crippen LogP contribution in [0, 0.1) is 0 Å². The molecule has 2 rings (SSSR count). The molecule has 0 aliphatic rings. The average molecular weight is 275 g/mol. The first-order valence-corrected chi connectivity index (χ1v) is 8.34. The van der Waals surface area contributed by atoms with E-state index in [-0.39, 0.29) is 12.1 Å². The maximum absolute atomic E-state index is 11.3. The van der Waals surface area contributed by atoms with Gasteiger partial charge in [0.2, 0.25) is 0 Å². The van der Waals surface area contributed by atoms with Crippen molar-refractivity contribution in [2.75, 3.05) is 12.0 Å². The highest BCUT2D eigenvalue weighted by Gasteiger charge is 2.12. The molecule has 2 aromatic rings. The Morgan fingerprint density at radius 1 is 1.11 bits per heavy atom. The van der Waals surface area contributed by atoms with E-state index in [1.54, 1.807) is 6.26 Å². The van der Waals surface area contributed by atoms with Crippen molar-refractivity contribution in [3.8, 4) is 0 Å². The second-order valence-electron chi connectivity index (χ2n) is 5.10. The molecule has 3 atom stereocenters. The van der Waals surface area contributed by atoms with Crippen LogP contribution in [0.15, 0.2) is 42.5 Å². The minimum absolute atomic E-state index is 0.250. The molecule has 0 saturated carbocycles. The zero-order chi connectivity index (χ0) is 13.8. The lowest BCUT2D eigenvalue weighted by Crippen LogP contribution is -2.33. The van der Waals surface area contributed by atoms with Gasteiger partial charge in [0.15, 0.2) is 0 Å². The Morgan fingerprint density at radius 2 is 1.79 bits per heavy atom. The maximum Gasteiger partial charge on any atom is 0.0383 e. The molecule has 0 aliphatic heterocycles. The quantitative estimate of drug-likeness (QED) is 0.907. The van der Waals surface area contributed by atoms with Crippen LogP contribution in [-0.4, -0.2) is 22.3 Å². The van der Waals surface area contributed by atoms with Gasteiger partial charge in [-0.1, -0.05) is 42.5 Å². The van der Waals surface area contributed by atoms with E-state index >= 15 is 0 Å². The summed E-state index contributed by atoms with van der Waals surface area (Å²) in [5, 5.41) is 6.08. The predicted molar refractivity (Wildman–Crippen MR) is 83.9 cm³/mol. The summed E-state index contributed by atoms with van der Waals surface area (Å²) in [5.41, 5.74) is 1.30. The SMILES string of the molecule is CC(CS(C)=O)NC(C)c1cccc2ccccc12. The fourth-order valence-electron chi connectivity index (χ4n) is 2.54. The van der Waals surface area contributed by atoms with Gasteiger partial charge in [-0.3, -0.25) is 4.21 Å². The van der Waals surface area contributed by atoms with E-state index in [4.69, 9.17) is 0 Å². The van der Waals surface area contributed by atoms with Gasteiger partial charge in [-0.15, -0.1) is 0 Å². The van der Waals surface area contributed by atoms with Gasteiger partial charge in [-0.05, 0) is 30.2 Å². The van der Waals surface area contributed by atoms with Gasteiger partial charge in [-0.2, -0.15) is 0 Å². The average Bonchev–Trinajstić information content (AvgIpc) is 2.36. The van der Waals surface area contributed by atoms with Crippen LogP contribution in [0.5, 0.6) is 0 Å². The van der Waals surface area contributed by atoms with Crippen molar-refractivity contribution in [3.05, 3.63) is 48.0 Å². The minimum atomic E-state index is -0.758. The molecule has 3 heteroatoms. The molecule has 102 valence electrons. The Hall–Kier alpha value is -1.19. The molecule has 0 heterocycles. The molecule has 3 unspecified atom stereocenters. The zero-order valence-corrected chi connectivity index (χ0v) is 12.5. The smallest absolute Gasteiger partial charge is 0.0383 e. The van der Waals surface area contributed by atoms with Crippen LogP contribution in [0.4, 0.5) is 0 Å². The Kier molecular flexibility index (Phi) is 4.72. The summed E-state index contributed by atoms with van der Waals surface area (Å²) < 4.78 is 11.3. The molecule has 2 nitrogen and oxygen atoms in total. The lowest BCUT2D eigenvalue weighted by Gasteiger charge is -2.21. The number of fused-ring (bicyclic) bond motifs is 1. The van der Waals surface area contributed by atoms with Crippen molar-refractivity contribution in [2.45, 2.75) is 25.9 Å². The summed E-state index contributed by atoms with van der Waals surface area (Å²) in [4.78, 5) is 0. The molecule has 0 fully saturated rings. The van der Waals surface area contributed by atoms with E-state index in [0.29, 0.717) is 5.75 Å². The van der Waals surface area contributed by atoms with E-state index < -0.39 is 10.8 Å². The lowest BCUT2D eigenvalue weighted by molar-refractivity contribution is 0.510. The van der Waals surface area contributed by atoms with Crippen LogP contribution in [0.25, 0.3) is 10.8 Å². The fraction of sp³-hybridized carbons (Fsp3) is 0.375. The van der Waals surface area contributed by atoms with Gasteiger partial charge in [0.25, 0.3) is 0 Å².